The van der Waals surface area contributed by atoms with Crippen LogP contribution in [0, 0.1) is 6.92 Å². The molecule has 150 valence electrons. The number of likely N-dealkylation sites (tertiary alicyclic amines) is 1. The molecular formula is C22H23N3O4. The summed E-state index contributed by atoms with van der Waals surface area (Å²) in [6, 6.07) is 12.5. The Bertz CT molecular complexity index is 949. The van der Waals surface area contributed by atoms with Crippen LogP contribution in [0.25, 0.3) is 0 Å². The van der Waals surface area contributed by atoms with Gasteiger partial charge in [-0.25, -0.2) is 0 Å². The van der Waals surface area contributed by atoms with Crippen LogP contribution >= 0.6 is 0 Å². The third-order valence-corrected chi connectivity index (χ3v) is 5.18. The van der Waals surface area contributed by atoms with Gasteiger partial charge < -0.3 is 15.0 Å². The number of hydrogen-bond acceptors (Lipinski definition) is 4. The zero-order valence-corrected chi connectivity index (χ0v) is 16.3. The Kier molecular flexibility index (Phi) is 5.20. The van der Waals surface area contributed by atoms with E-state index >= 15 is 0 Å². The van der Waals surface area contributed by atoms with Crippen molar-refractivity contribution in [3.8, 4) is 5.75 Å². The molecule has 0 aromatic heterocycles. The van der Waals surface area contributed by atoms with Gasteiger partial charge in [0.1, 0.15) is 12.3 Å². The van der Waals surface area contributed by atoms with Crippen molar-refractivity contribution in [3.05, 3.63) is 53.6 Å². The molecule has 7 heteroatoms. The molecule has 2 aromatic carbocycles. The van der Waals surface area contributed by atoms with Gasteiger partial charge in [0, 0.05) is 24.3 Å². The van der Waals surface area contributed by atoms with E-state index in [1.54, 1.807) is 18.2 Å². The average Bonchev–Trinajstić information content (AvgIpc) is 3.26. The molecule has 1 fully saturated rings. The number of fused-ring (bicyclic) bond motifs is 1. The van der Waals surface area contributed by atoms with E-state index in [2.05, 4.69) is 5.32 Å². The standard InChI is InChI=1S/C22H23N3O4/c1-15-4-7-17(8-5-15)23-20(26)13-25-18-12-16(22(28)24-10-2-3-11-24)6-9-19(18)29-14-21(25)27/h4-9,12H,2-3,10-11,13-14H2,1H3,(H,23,26). The van der Waals surface area contributed by atoms with Gasteiger partial charge >= 0.3 is 0 Å². The second-order valence-electron chi connectivity index (χ2n) is 7.36. The second-order valence-corrected chi connectivity index (χ2v) is 7.36. The number of benzene rings is 2. The number of ether oxygens (including phenoxy) is 1. The first-order chi connectivity index (χ1) is 14.0. The first-order valence-electron chi connectivity index (χ1n) is 9.74. The van der Waals surface area contributed by atoms with Crippen molar-refractivity contribution < 1.29 is 19.1 Å². The monoisotopic (exact) mass is 393 g/mol. The predicted molar refractivity (Wildman–Crippen MR) is 109 cm³/mol. The highest BCUT2D eigenvalue weighted by molar-refractivity contribution is 6.06. The lowest BCUT2D eigenvalue weighted by molar-refractivity contribution is -0.123. The Hall–Kier alpha value is -3.35. The maximum absolute atomic E-state index is 12.7. The van der Waals surface area contributed by atoms with Gasteiger partial charge in [-0.2, -0.15) is 0 Å². The summed E-state index contributed by atoms with van der Waals surface area (Å²) in [6.07, 6.45) is 2.01. The number of rotatable bonds is 4. The van der Waals surface area contributed by atoms with Crippen LogP contribution in [-0.2, 0) is 9.59 Å². The zero-order chi connectivity index (χ0) is 20.4. The summed E-state index contributed by atoms with van der Waals surface area (Å²) in [5.41, 5.74) is 2.70. The predicted octanol–water partition coefficient (Wildman–Crippen LogP) is 2.60. The highest BCUT2D eigenvalue weighted by Crippen LogP contribution is 2.33. The van der Waals surface area contributed by atoms with E-state index in [4.69, 9.17) is 4.74 Å². The zero-order valence-electron chi connectivity index (χ0n) is 16.3. The molecule has 0 spiro atoms. The summed E-state index contributed by atoms with van der Waals surface area (Å²) >= 11 is 0. The smallest absolute Gasteiger partial charge is 0.265 e. The molecule has 2 aromatic rings. The van der Waals surface area contributed by atoms with Gasteiger partial charge in [0.05, 0.1) is 5.69 Å². The summed E-state index contributed by atoms with van der Waals surface area (Å²) in [6.45, 7) is 3.17. The molecule has 7 nitrogen and oxygen atoms in total. The summed E-state index contributed by atoms with van der Waals surface area (Å²) in [5.74, 6) is -0.202. The highest BCUT2D eigenvalue weighted by atomic mass is 16.5. The molecule has 4 rings (SSSR count). The summed E-state index contributed by atoms with van der Waals surface area (Å²) in [5, 5.41) is 2.80. The van der Waals surface area contributed by atoms with Crippen molar-refractivity contribution in [1.29, 1.82) is 0 Å². The number of aryl methyl sites for hydroxylation is 1. The van der Waals surface area contributed by atoms with Crippen molar-refractivity contribution in [2.45, 2.75) is 19.8 Å². The van der Waals surface area contributed by atoms with Gasteiger partial charge in [-0.05, 0) is 50.1 Å². The second kappa shape index (κ2) is 7.95. The van der Waals surface area contributed by atoms with Crippen molar-refractivity contribution in [3.63, 3.8) is 0 Å². The van der Waals surface area contributed by atoms with Crippen LogP contribution in [0.4, 0.5) is 11.4 Å². The third kappa shape index (κ3) is 4.08. The SMILES string of the molecule is Cc1ccc(NC(=O)CN2C(=O)COc3ccc(C(=O)N4CCCC4)cc32)cc1. The highest BCUT2D eigenvalue weighted by Gasteiger charge is 2.29. The number of amides is 3. The Morgan fingerprint density at radius 1 is 1.07 bits per heavy atom. The van der Waals surface area contributed by atoms with Gasteiger partial charge in [-0.15, -0.1) is 0 Å². The molecule has 0 aliphatic carbocycles. The topological polar surface area (TPSA) is 79.0 Å². The van der Waals surface area contributed by atoms with Crippen molar-refractivity contribution in [2.75, 3.05) is 36.5 Å². The first-order valence-corrected chi connectivity index (χ1v) is 9.74. The number of carbonyl (C=O) groups is 3. The minimum absolute atomic E-state index is 0.0626. The fourth-order valence-electron chi connectivity index (χ4n) is 3.59. The number of hydrogen-bond donors (Lipinski definition) is 1. The lowest BCUT2D eigenvalue weighted by Crippen LogP contribution is -2.43. The summed E-state index contributed by atoms with van der Waals surface area (Å²) < 4.78 is 5.49. The van der Waals surface area contributed by atoms with Crippen LogP contribution in [0.15, 0.2) is 42.5 Å². The Morgan fingerprint density at radius 3 is 2.52 bits per heavy atom. The van der Waals surface area contributed by atoms with Crippen molar-refractivity contribution in [1.82, 2.24) is 4.90 Å². The van der Waals surface area contributed by atoms with Gasteiger partial charge in [0.25, 0.3) is 11.8 Å². The molecule has 0 unspecified atom stereocenters. The maximum atomic E-state index is 12.7. The van der Waals surface area contributed by atoms with Gasteiger partial charge in [-0.1, -0.05) is 17.7 Å². The molecule has 0 bridgehead atoms. The van der Waals surface area contributed by atoms with Crippen LogP contribution in [0.5, 0.6) is 5.75 Å². The molecule has 0 radical (unpaired) electrons. The van der Waals surface area contributed by atoms with Crippen LogP contribution in [-0.4, -0.2) is 48.9 Å². The van der Waals surface area contributed by atoms with E-state index in [1.165, 1.54) is 4.90 Å². The molecule has 0 atom stereocenters. The first kappa shape index (κ1) is 19.0. The number of nitrogens with zero attached hydrogens (tertiary/aromatic N) is 2. The summed E-state index contributed by atoms with van der Waals surface area (Å²) in [4.78, 5) is 40.9. The molecule has 0 saturated carbocycles. The van der Waals surface area contributed by atoms with Gasteiger partial charge in [0.15, 0.2) is 6.61 Å². The largest absolute Gasteiger partial charge is 0.482 e. The fourth-order valence-corrected chi connectivity index (χ4v) is 3.59. The Balaban J connectivity index is 1.54. The quantitative estimate of drug-likeness (QED) is 0.866. The van der Waals surface area contributed by atoms with Crippen molar-refractivity contribution in [2.24, 2.45) is 0 Å². The van der Waals surface area contributed by atoms with E-state index < -0.39 is 0 Å². The molecular weight excluding hydrogens is 370 g/mol. The molecule has 2 aliphatic heterocycles. The molecule has 29 heavy (non-hydrogen) atoms. The third-order valence-electron chi connectivity index (χ3n) is 5.18. The maximum Gasteiger partial charge on any atom is 0.265 e. The number of carbonyl (C=O) groups excluding carboxylic acids is 3. The summed E-state index contributed by atoms with van der Waals surface area (Å²) in [7, 11) is 0. The van der Waals surface area contributed by atoms with Gasteiger partial charge in [0.2, 0.25) is 5.91 Å². The normalized spacial score (nSPS) is 15.7. The minimum Gasteiger partial charge on any atom is -0.482 e. The lowest BCUT2D eigenvalue weighted by Gasteiger charge is -2.29. The van der Waals surface area contributed by atoms with Gasteiger partial charge in [-0.3, -0.25) is 19.3 Å². The number of anilines is 2. The van der Waals surface area contributed by atoms with E-state index in [-0.39, 0.29) is 30.9 Å². The molecule has 1 N–H and O–H groups in total. The molecule has 1 saturated heterocycles. The Labute approximate surface area is 169 Å². The van der Waals surface area contributed by atoms with Crippen LogP contribution < -0.4 is 15.0 Å². The van der Waals surface area contributed by atoms with Crippen LogP contribution in [0.1, 0.15) is 28.8 Å². The Morgan fingerprint density at radius 2 is 1.79 bits per heavy atom. The van der Waals surface area contributed by atoms with Crippen molar-refractivity contribution >= 4 is 29.1 Å². The fraction of sp³-hybridized carbons (Fsp3) is 0.318. The molecule has 3 amide bonds. The minimum atomic E-state index is -0.317. The van der Waals surface area contributed by atoms with E-state index in [1.807, 2.05) is 36.1 Å². The molecule has 2 aliphatic rings. The van der Waals surface area contributed by atoms with E-state index in [9.17, 15) is 14.4 Å². The lowest BCUT2D eigenvalue weighted by atomic mass is 10.1. The van der Waals surface area contributed by atoms with E-state index in [0.29, 0.717) is 22.7 Å². The average molecular weight is 393 g/mol. The van der Waals surface area contributed by atoms with E-state index in [0.717, 1.165) is 31.5 Å². The number of nitrogens with one attached hydrogen (secondary N) is 1. The van der Waals surface area contributed by atoms with Crippen LogP contribution in [0.3, 0.4) is 0 Å². The van der Waals surface area contributed by atoms with Crippen LogP contribution in [0.2, 0.25) is 0 Å². The molecule has 2 heterocycles.